The highest BCUT2D eigenvalue weighted by atomic mass is 19.1. The highest BCUT2D eigenvalue weighted by Gasteiger charge is 2.55. The van der Waals surface area contributed by atoms with Gasteiger partial charge in [-0.25, -0.2) is 8.78 Å². The molecule has 0 aromatic heterocycles. The molecule has 5 fully saturated rings. The number of carbonyl (C=O) groups excluding carboxylic acids is 1. The second-order valence-electron chi connectivity index (χ2n) is 11.7. The van der Waals surface area contributed by atoms with Crippen molar-refractivity contribution in [1.29, 1.82) is 0 Å². The standard InChI is InChI=1S/C31H35F2NO2/c32-27-5-1-24(2-6-27)29(25-3-7-28(33)8-4-25)26-9-11-34(12-10-26)13-14-36-30(35)31-18-21-15-22(19-31)17-23(16-21)20-31/h1-8,21-23H,9-20H2. The van der Waals surface area contributed by atoms with Gasteiger partial charge in [0, 0.05) is 19.6 Å². The molecular formula is C31H35F2NO2. The molecule has 190 valence electrons. The number of ether oxygens (including phenoxy) is 1. The highest BCUT2D eigenvalue weighted by Crippen LogP contribution is 2.60. The Morgan fingerprint density at radius 3 is 1.75 bits per heavy atom. The number of hydrogen-bond acceptors (Lipinski definition) is 3. The third kappa shape index (κ3) is 4.74. The molecule has 2 aromatic carbocycles. The van der Waals surface area contributed by atoms with E-state index in [-0.39, 0.29) is 23.0 Å². The van der Waals surface area contributed by atoms with Crippen LogP contribution in [0.5, 0.6) is 0 Å². The Bertz CT molecular complexity index is 1050. The van der Waals surface area contributed by atoms with Crippen LogP contribution in [0.3, 0.4) is 0 Å². The molecule has 4 saturated carbocycles. The number of rotatable bonds is 6. The van der Waals surface area contributed by atoms with Gasteiger partial charge in [0.15, 0.2) is 0 Å². The summed E-state index contributed by atoms with van der Waals surface area (Å²) in [5.74, 6) is 1.77. The van der Waals surface area contributed by atoms with E-state index in [0.29, 0.717) is 6.61 Å². The molecule has 36 heavy (non-hydrogen) atoms. The zero-order valence-electron chi connectivity index (χ0n) is 20.9. The number of benzene rings is 2. The van der Waals surface area contributed by atoms with Crippen LogP contribution in [-0.4, -0.2) is 37.1 Å². The van der Waals surface area contributed by atoms with Crippen molar-refractivity contribution in [2.75, 3.05) is 26.2 Å². The van der Waals surface area contributed by atoms with Crippen LogP contribution in [-0.2, 0) is 9.53 Å². The average Bonchev–Trinajstić information content (AvgIpc) is 2.86. The molecule has 0 atom stereocenters. The van der Waals surface area contributed by atoms with Crippen LogP contribution in [0.25, 0.3) is 5.57 Å². The van der Waals surface area contributed by atoms with Crippen LogP contribution < -0.4 is 0 Å². The number of carbonyl (C=O) groups is 1. The van der Waals surface area contributed by atoms with Crippen LogP contribution >= 0.6 is 0 Å². The van der Waals surface area contributed by atoms with Gasteiger partial charge >= 0.3 is 5.97 Å². The first-order valence-electron chi connectivity index (χ1n) is 13.6. The van der Waals surface area contributed by atoms with Gasteiger partial charge in [0.05, 0.1) is 5.41 Å². The first-order chi connectivity index (χ1) is 17.5. The van der Waals surface area contributed by atoms with E-state index < -0.39 is 0 Å². The Hall–Kier alpha value is -2.53. The molecule has 1 heterocycles. The number of piperidine rings is 1. The summed E-state index contributed by atoms with van der Waals surface area (Å²) in [6.07, 6.45) is 8.89. The molecular weight excluding hydrogens is 456 g/mol. The molecule has 0 unspecified atom stereocenters. The molecule has 1 aliphatic heterocycles. The Labute approximate surface area is 212 Å². The summed E-state index contributed by atoms with van der Waals surface area (Å²) in [5.41, 5.74) is 4.09. The van der Waals surface area contributed by atoms with E-state index >= 15 is 0 Å². The average molecular weight is 492 g/mol. The van der Waals surface area contributed by atoms with Crippen molar-refractivity contribution in [2.45, 2.75) is 51.4 Å². The van der Waals surface area contributed by atoms with Crippen molar-refractivity contribution >= 4 is 11.5 Å². The number of halogens is 2. The molecule has 4 bridgehead atoms. The van der Waals surface area contributed by atoms with E-state index in [1.807, 2.05) is 0 Å². The van der Waals surface area contributed by atoms with Gasteiger partial charge in [-0.1, -0.05) is 29.8 Å². The maximum Gasteiger partial charge on any atom is 0.312 e. The van der Waals surface area contributed by atoms with Gasteiger partial charge in [0.2, 0.25) is 0 Å². The summed E-state index contributed by atoms with van der Waals surface area (Å²) in [4.78, 5) is 15.5. The van der Waals surface area contributed by atoms with Crippen molar-refractivity contribution < 1.29 is 18.3 Å². The molecule has 3 nitrogen and oxygen atoms in total. The van der Waals surface area contributed by atoms with Crippen molar-refractivity contribution in [2.24, 2.45) is 23.2 Å². The fraction of sp³-hybridized carbons (Fsp3) is 0.516. The first-order valence-corrected chi connectivity index (χ1v) is 13.6. The topological polar surface area (TPSA) is 29.5 Å². The number of esters is 1. The fourth-order valence-corrected chi connectivity index (χ4v) is 7.89. The molecule has 0 radical (unpaired) electrons. The normalized spacial score (nSPS) is 29.4. The lowest BCUT2D eigenvalue weighted by Gasteiger charge is -2.55. The Balaban J connectivity index is 1.08. The van der Waals surface area contributed by atoms with E-state index in [1.54, 1.807) is 24.3 Å². The van der Waals surface area contributed by atoms with Crippen LogP contribution in [0.2, 0.25) is 0 Å². The van der Waals surface area contributed by atoms with Crippen molar-refractivity contribution in [3.05, 3.63) is 76.9 Å². The molecule has 0 spiro atoms. The maximum absolute atomic E-state index is 13.6. The molecule has 5 aliphatic rings. The van der Waals surface area contributed by atoms with Gasteiger partial charge in [-0.3, -0.25) is 9.69 Å². The lowest BCUT2D eigenvalue weighted by Crippen LogP contribution is -2.50. The minimum Gasteiger partial charge on any atom is -0.464 e. The van der Waals surface area contributed by atoms with Gasteiger partial charge in [-0.05, 0) is 110 Å². The minimum absolute atomic E-state index is 0.0640. The van der Waals surface area contributed by atoms with Gasteiger partial charge < -0.3 is 4.74 Å². The fourth-order valence-electron chi connectivity index (χ4n) is 7.89. The zero-order valence-corrected chi connectivity index (χ0v) is 20.9. The third-order valence-corrected chi connectivity index (χ3v) is 9.19. The highest BCUT2D eigenvalue weighted by molar-refractivity contribution is 5.82. The van der Waals surface area contributed by atoms with Crippen LogP contribution in [0.1, 0.15) is 62.5 Å². The summed E-state index contributed by atoms with van der Waals surface area (Å²) in [7, 11) is 0. The summed E-state index contributed by atoms with van der Waals surface area (Å²) in [6.45, 7) is 2.99. The van der Waals surface area contributed by atoms with Crippen LogP contribution in [0.4, 0.5) is 8.78 Å². The molecule has 2 aromatic rings. The number of likely N-dealkylation sites (tertiary alicyclic amines) is 1. The maximum atomic E-state index is 13.6. The predicted octanol–water partition coefficient (Wildman–Crippen LogP) is 6.62. The van der Waals surface area contributed by atoms with Gasteiger partial charge in [-0.15, -0.1) is 0 Å². The van der Waals surface area contributed by atoms with E-state index in [2.05, 4.69) is 4.90 Å². The summed E-state index contributed by atoms with van der Waals surface area (Å²) in [5, 5.41) is 0. The third-order valence-electron chi connectivity index (χ3n) is 9.19. The molecule has 1 saturated heterocycles. The zero-order chi connectivity index (χ0) is 24.7. The van der Waals surface area contributed by atoms with E-state index in [1.165, 1.54) is 49.1 Å². The largest absolute Gasteiger partial charge is 0.464 e. The first kappa shape index (κ1) is 23.8. The molecule has 5 heteroatoms. The SMILES string of the molecule is O=C(OCCN1CCC(=C(c2ccc(F)cc2)c2ccc(F)cc2)CC1)C12CC3CC(CC(C3)C1)C2. The summed E-state index contributed by atoms with van der Waals surface area (Å²) < 4.78 is 33.1. The Morgan fingerprint density at radius 1 is 0.806 bits per heavy atom. The van der Waals surface area contributed by atoms with Gasteiger partial charge in [0.1, 0.15) is 18.2 Å². The predicted molar refractivity (Wildman–Crippen MR) is 136 cm³/mol. The second-order valence-corrected chi connectivity index (χ2v) is 11.7. The Kier molecular flexibility index (Phi) is 6.45. The quantitative estimate of drug-likeness (QED) is 0.425. The lowest BCUT2D eigenvalue weighted by atomic mass is 9.49. The van der Waals surface area contributed by atoms with Crippen molar-refractivity contribution in [3.8, 4) is 0 Å². The van der Waals surface area contributed by atoms with Gasteiger partial charge in [0.25, 0.3) is 0 Å². The number of hydrogen-bond donors (Lipinski definition) is 0. The van der Waals surface area contributed by atoms with Crippen LogP contribution in [0.15, 0.2) is 54.1 Å². The van der Waals surface area contributed by atoms with Gasteiger partial charge in [-0.2, -0.15) is 0 Å². The lowest BCUT2D eigenvalue weighted by molar-refractivity contribution is -0.172. The minimum atomic E-state index is -0.264. The van der Waals surface area contributed by atoms with E-state index in [4.69, 9.17) is 4.74 Å². The monoisotopic (exact) mass is 491 g/mol. The van der Waals surface area contributed by atoms with E-state index in [9.17, 15) is 13.6 Å². The van der Waals surface area contributed by atoms with Crippen molar-refractivity contribution in [3.63, 3.8) is 0 Å². The number of nitrogens with zero attached hydrogens (tertiary/aromatic N) is 1. The molecule has 7 rings (SSSR count). The van der Waals surface area contributed by atoms with Crippen LogP contribution in [0, 0.1) is 34.8 Å². The molecule has 4 aliphatic carbocycles. The molecule has 0 N–H and O–H groups in total. The Morgan fingerprint density at radius 2 is 1.28 bits per heavy atom. The van der Waals surface area contributed by atoms with Crippen molar-refractivity contribution in [1.82, 2.24) is 4.90 Å². The second kappa shape index (κ2) is 9.74. The smallest absolute Gasteiger partial charge is 0.312 e. The molecule has 0 amide bonds. The summed E-state index contributed by atoms with van der Waals surface area (Å²) >= 11 is 0. The summed E-state index contributed by atoms with van der Waals surface area (Å²) in [6, 6.07) is 13.1. The van der Waals surface area contributed by atoms with E-state index in [0.717, 1.165) is 86.2 Å².